The number of hydrogen-bond acceptors (Lipinski definition) is 3. The summed E-state index contributed by atoms with van der Waals surface area (Å²) in [5.41, 5.74) is -5.16. The fourth-order valence-corrected chi connectivity index (χ4v) is 3.01. The van der Waals surface area contributed by atoms with Crippen LogP contribution in [0.5, 0.6) is 11.5 Å². The highest BCUT2D eigenvalue weighted by atomic mass is 19.4. The first-order valence-electron chi connectivity index (χ1n) is 9.59. The number of rotatable bonds is 7. The molecular formula is C23H18F7NO2. The number of hydrogen-bond donors (Lipinski definition) is 2. The summed E-state index contributed by atoms with van der Waals surface area (Å²) in [6.07, 6.45) is -10.9. The number of benzene rings is 3. The summed E-state index contributed by atoms with van der Waals surface area (Å²) in [5, 5.41) is 12.2. The molecule has 0 saturated carbocycles. The lowest BCUT2D eigenvalue weighted by Gasteiger charge is -2.32. The molecule has 33 heavy (non-hydrogen) atoms. The summed E-state index contributed by atoms with van der Waals surface area (Å²) < 4.78 is 98.6. The van der Waals surface area contributed by atoms with Gasteiger partial charge in [0.05, 0.1) is 5.56 Å². The zero-order valence-corrected chi connectivity index (χ0v) is 16.8. The van der Waals surface area contributed by atoms with Gasteiger partial charge in [-0.15, -0.1) is 0 Å². The molecule has 0 spiro atoms. The van der Waals surface area contributed by atoms with Gasteiger partial charge in [0, 0.05) is 18.5 Å². The third-order valence-electron chi connectivity index (χ3n) is 4.76. The van der Waals surface area contributed by atoms with Gasteiger partial charge < -0.3 is 9.84 Å². The van der Waals surface area contributed by atoms with Crippen LogP contribution < -0.4 is 10.1 Å². The van der Waals surface area contributed by atoms with Gasteiger partial charge in [0.25, 0.3) is 0 Å². The van der Waals surface area contributed by atoms with E-state index in [1.807, 2.05) is 5.32 Å². The number of para-hydroxylation sites is 1. The molecule has 0 heterocycles. The van der Waals surface area contributed by atoms with E-state index < -0.39 is 48.0 Å². The SMILES string of the molecule is OC(Cc1cccc(Oc2ccccc2)c1)(NCc1ccc(C(F)(F)F)cc1F)C(F)(F)F. The molecule has 3 rings (SSSR count). The van der Waals surface area contributed by atoms with Gasteiger partial charge in [-0.05, 0) is 42.0 Å². The first-order valence-corrected chi connectivity index (χ1v) is 9.59. The second kappa shape index (κ2) is 9.40. The molecule has 0 radical (unpaired) electrons. The smallest absolute Gasteiger partial charge is 0.431 e. The number of aliphatic hydroxyl groups is 1. The van der Waals surface area contributed by atoms with Crippen molar-refractivity contribution >= 4 is 0 Å². The highest BCUT2D eigenvalue weighted by molar-refractivity contribution is 5.34. The molecule has 0 saturated heterocycles. The van der Waals surface area contributed by atoms with Crippen LogP contribution in [-0.4, -0.2) is 17.0 Å². The number of ether oxygens (including phenoxy) is 1. The molecule has 176 valence electrons. The van der Waals surface area contributed by atoms with E-state index in [4.69, 9.17) is 4.74 Å². The van der Waals surface area contributed by atoms with E-state index in [9.17, 15) is 35.8 Å². The van der Waals surface area contributed by atoms with Crippen molar-refractivity contribution in [2.45, 2.75) is 31.0 Å². The third kappa shape index (κ3) is 6.23. The van der Waals surface area contributed by atoms with E-state index in [0.717, 1.165) is 6.07 Å². The minimum atomic E-state index is -5.17. The number of alkyl halides is 6. The topological polar surface area (TPSA) is 41.5 Å². The molecule has 3 aromatic carbocycles. The van der Waals surface area contributed by atoms with Crippen LogP contribution in [0.4, 0.5) is 30.7 Å². The molecule has 0 aliphatic carbocycles. The second-order valence-corrected chi connectivity index (χ2v) is 7.25. The Bertz CT molecular complexity index is 1080. The van der Waals surface area contributed by atoms with Gasteiger partial charge in [0.1, 0.15) is 17.3 Å². The van der Waals surface area contributed by atoms with Gasteiger partial charge in [0.15, 0.2) is 0 Å². The highest BCUT2D eigenvalue weighted by Gasteiger charge is 2.53. The maximum atomic E-state index is 14.0. The Kier molecular flexibility index (Phi) is 6.99. The molecule has 2 N–H and O–H groups in total. The minimum absolute atomic E-state index is 0.0589. The highest BCUT2D eigenvalue weighted by Crippen LogP contribution is 2.34. The van der Waals surface area contributed by atoms with Crippen LogP contribution in [0.1, 0.15) is 16.7 Å². The van der Waals surface area contributed by atoms with Crippen molar-refractivity contribution in [1.29, 1.82) is 0 Å². The van der Waals surface area contributed by atoms with Crippen LogP contribution in [0.3, 0.4) is 0 Å². The summed E-state index contributed by atoms with van der Waals surface area (Å²) in [7, 11) is 0. The summed E-state index contributed by atoms with van der Waals surface area (Å²) in [6.45, 7) is -0.861. The fraction of sp³-hybridized carbons (Fsp3) is 0.217. The Hall–Kier alpha value is -3.11. The molecule has 3 nitrogen and oxygen atoms in total. The molecule has 0 aliphatic heterocycles. The Morgan fingerprint density at radius 2 is 1.45 bits per heavy atom. The van der Waals surface area contributed by atoms with Gasteiger partial charge in [-0.3, -0.25) is 5.32 Å². The van der Waals surface area contributed by atoms with Crippen molar-refractivity contribution in [2.75, 3.05) is 0 Å². The normalized spacial score (nSPS) is 14.1. The van der Waals surface area contributed by atoms with Gasteiger partial charge >= 0.3 is 12.4 Å². The van der Waals surface area contributed by atoms with Crippen molar-refractivity contribution in [2.24, 2.45) is 0 Å². The van der Waals surface area contributed by atoms with Gasteiger partial charge in [-0.1, -0.05) is 36.4 Å². The van der Waals surface area contributed by atoms with E-state index in [1.165, 1.54) is 24.3 Å². The van der Waals surface area contributed by atoms with E-state index >= 15 is 0 Å². The maximum Gasteiger partial charge on any atom is 0.431 e. The van der Waals surface area contributed by atoms with Crippen LogP contribution in [0, 0.1) is 5.82 Å². The molecular weight excluding hydrogens is 455 g/mol. The van der Waals surface area contributed by atoms with Crippen LogP contribution in [0.2, 0.25) is 0 Å². The average Bonchev–Trinajstić information content (AvgIpc) is 2.72. The van der Waals surface area contributed by atoms with Crippen molar-refractivity contribution in [3.63, 3.8) is 0 Å². The van der Waals surface area contributed by atoms with Crippen molar-refractivity contribution in [1.82, 2.24) is 5.32 Å². The first kappa shape index (κ1) is 24.5. The minimum Gasteiger partial charge on any atom is -0.457 e. The Labute approximate surface area is 184 Å². The quantitative estimate of drug-likeness (QED) is 0.316. The van der Waals surface area contributed by atoms with E-state index in [1.54, 1.807) is 30.3 Å². The molecule has 3 aromatic rings. The van der Waals surface area contributed by atoms with Crippen LogP contribution >= 0.6 is 0 Å². The largest absolute Gasteiger partial charge is 0.457 e. The zero-order chi connectivity index (χ0) is 24.3. The third-order valence-corrected chi connectivity index (χ3v) is 4.76. The number of nitrogens with one attached hydrogen (secondary N) is 1. The Morgan fingerprint density at radius 3 is 2.06 bits per heavy atom. The lowest BCUT2D eigenvalue weighted by molar-refractivity contribution is -0.273. The molecule has 0 aliphatic rings. The molecule has 10 heteroatoms. The average molecular weight is 473 g/mol. The van der Waals surface area contributed by atoms with Crippen LogP contribution in [0.15, 0.2) is 72.8 Å². The standard InChI is InChI=1S/C23H18F7NO2/c24-20-12-17(22(25,26)27)10-9-16(20)14-31-21(32,23(28,29)30)13-15-5-4-8-19(11-15)33-18-6-2-1-3-7-18/h1-12,31-32H,13-14H2. The van der Waals surface area contributed by atoms with Crippen molar-refractivity contribution in [3.8, 4) is 11.5 Å². The van der Waals surface area contributed by atoms with E-state index in [2.05, 4.69) is 0 Å². The van der Waals surface area contributed by atoms with Gasteiger partial charge in [-0.2, -0.15) is 26.3 Å². The lowest BCUT2D eigenvalue weighted by Crippen LogP contribution is -2.58. The van der Waals surface area contributed by atoms with Gasteiger partial charge in [0.2, 0.25) is 5.72 Å². The van der Waals surface area contributed by atoms with Gasteiger partial charge in [-0.25, -0.2) is 4.39 Å². The summed E-state index contributed by atoms with van der Waals surface area (Å²) in [6, 6.07) is 15.6. The lowest BCUT2D eigenvalue weighted by atomic mass is 10.0. The molecule has 1 unspecified atom stereocenters. The zero-order valence-electron chi connectivity index (χ0n) is 16.8. The number of halogens is 7. The predicted octanol–water partition coefficient (Wildman–Crippen LogP) is 6.22. The Morgan fingerprint density at radius 1 is 0.788 bits per heavy atom. The molecule has 0 bridgehead atoms. The van der Waals surface area contributed by atoms with Crippen molar-refractivity contribution < 1.29 is 40.6 Å². The molecule has 0 fully saturated rings. The summed E-state index contributed by atoms with van der Waals surface area (Å²) >= 11 is 0. The molecule has 0 aromatic heterocycles. The molecule has 1 atom stereocenters. The first-order chi connectivity index (χ1) is 15.4. The predicted molar refractivity (Wildman–Crippen MR) is 106 cm³/mol. The maximum absolute atomic E-state index is 14.0. The van der Waals surface area contributed by atoms with Crippen LogP contribution in [0.25, 0.3) is 0 Å². The monoisotopic (exact) mass is 473 g/mol. The van der Waals surface area contributed by atoms with Crippen LogP contribution in [-0.2, 0) is 19.1 Å². The Balaban J connectivity index is 1.78. The van der Waals surface area contributed by atoms with Crippen molar-refractivity contribution in [3.05, 3.63) is 95.3 Å². The summed E-state index contributed by atoms with van der Waals surface area (Å²) in [5.74, 6) is -0.659. The second-order valence-electron chi connectivity index (χ2n) is 7.25. The molecule has 0 amide bonds. The summed E-state index contributed by atoms with van der Waals surface area (Å²) in [4.78, 5) is 0. The fourth-order valence-electron chi connectivity index (χ4n) is 3.01. The van der Waals surface area contributed by atoms with E-state index in [0.29, 0.717) is 11.8 Å². The van der Waals surface area contributed by atoms with E-state index in [-0.39, 0.29) is 17.4 Å².